The summed E-state index contributed by atoms with van der Waals surface area (Å²) in [6.45, 7) is 1.82. The van der Waals surface area contributed by atoms with Gasteiger partial charge in [0.1, 0.15) is 0 Å². The van der Waals surface area contributed by atoms with Gasteiger partial charge >= 0.3 is 0 Å². The van der Waals surface area contributed by atoms with Gasteiger partial charge in [0.25, 0.3) is 5.70 Å². The van der Waals surface area contributed by atoms with E-state index in [4.69, 9.17) is 4.84 Å². The standard InChI is InChI=1S/C7H10N2O3/c1-6-5-7(9(10)11)3-4-8(6)12-2/h3-6H,1-2H3. The minimum atomic E-state index is -0.417. The highest BCUT2D eigenvalue weighted by Crippen LogP contribution is 2.13. The molecule has 0 radical (unpaired) electrons. The summed E-state index contributed by atoms with van der Waals surface area (Å²) in [4.78, 5) is 14.8. The lowest BCUT2D eigenvalue weighted by atomic mass is 10.2. The maximum absolute atomic E-state index is 10.3. The van der Waals surface area contributed by atoms with Gasteiger partial charge in [-0.3, -0.25) is 20.0 Å². The van der Waals surface area contributed by atoms with E-state index in [1.807, 2.05) is 6.92 Å². The molecule has 66 valence electrons. The zero-order chi connectivity index (χ0) is 9.14. The molecule has 0 aromatic heterocycles. The smallest absolute Gasteiger partial charge is 0.269 e. The van der Waals surface area contributed by atoms with Crippen LogP contribution in [0.3, 0.4) is 0 Å². The van der Waals surface area contributed by atoms with E-state index < -0.39 is 4.92 Å². The summed E-state index contributed by atoms with van der Waals surface area (Å²) in [5.74, 6) is 0. The molecule has 0 fully saturated rings. The summed E-state index contributed by atoms with van der Waals surface area (Å²) in [6, 6.07) is -0.0969. The molecule has 0 aromatic rings. The normalized spacial score (nSPS) is 22.3. The second-order valence-electron chi connectivity index (χ2n) is 2.45. The Kier molecular flexibility index (Phi) is 2.44. The van der Waals surface area contributed by atoms with Gasteiger partial charge in [-0.25, -0.2) is 0 Å². The van der Waals surface area contributed by atoms with Crippen LogP contribution in [0.2, 0.25) is 0 Å². The number of rotatable bonds is 2. The Morgan fingerprint density at radius 3 is 2.83 bits per heavy atom. The van der Waals surface area contributed by atoms with Gasteiger partial charge in [0.15, 0.2) is 0 Å². The Labute approximate surface area is 70.0 Å². The number of nitro groups is 1. The molecule has 1 unspecified atom stereocenters. The summed E-state index contributed by atoms with van der Waals surface area (Å²) in [5, 5.41) is 11.9. The van der Waals surface area contributed by atoms with Gasteiger partial charge in [0.2, 0.25) is 0 Å². The topological polar surface area (TPSA) is 55.6 Å². The van der Waals surface area contributed by atoms with Gasteiger partial charge < -0.3 is 0 Å². The predicted molar refractivity (Wildman–Crippen MR) is 42.5 cm³/mol. The average molecular weight is 170 g/mol. The second kappa shape index (κ2) is 3.36. The molecule has 0 aliphatic carbocycles. The molecule has 1 heterocycles. The first-order valence-corrected chi connectivity index (χ1v) is 3.52. The highest BCUT2D eigenvalue weighted by molar-refractivity contribution is 5.17. The quantitative estimate of drug-likeness (QED) is 0.457. The molecule has 1 aliphatic heterocycles. The Morgan fingerprint density at radius 2 is 2.42 bits per heavy atom. The van der Waals surface area contributed by atoms with Crippen molar-refractivity contribution in [2.45, 2.75) is 13.0 Å². The van der Waals surface area contributed by atoms with E-state index >= 15 is 0 Å². The van der Waals surface area contributed by atoms with Crippen LogP contribution in [0, 0.1) is 10.1 Å². The summed E-state index contributed by atoms with van der Waals surface area (Å²) in [7, 11) is 1.52. The Morgan fingerprint density at radius 1 is 1.75 bits per heavy atom. The molecule has 5 heteroatoms. The van der Waals surface area contributed by atoms with Crippen molar-refractivity contribution in [3.8, 4) is 0 Å². The van der Waals surface area contributed by atoms with Crippen molar-refractivity contribution < 1.29 is 9.76 Å². The molecule has 0 amide bonds. The Balaban J connectivity index is 2.75. The van der Waals surface area contributed by atoms with Crippen LogP contribution >= 0.6 is 0 Å². The molecule has 5 nitrogen and oxygen atoms in total. The number of nitrogens with zero attached hydrogens (tertiary/aromatic N) is 2. The Bertz CT molecular complexity index is 247. The van der Waals surface area contributed by atoms with Crippen molar-refractivity contribution in [1.29, 1.82) is 0 Å². The fourth-order valence-corrected chi connectivity index (χ4v) is 1.01. The molecule has 1 atom stereocenters. The van der Waals surface area contributed by atoms with E-state index in [2.05, 4.69) is 0 Å². The van der Waals surface area contributed by atoms with Gasteiger partial charge in [-0.15, -0.1) is 0 Å². The van der Waals surface area contributed by atoms with E-state index in [0.29, 0.717) is 0 Å². The lowest BCUT2D eigenvalue weighted by molar-refractivity contribution is -0.420. The molecule has 1 rings (SSSR count). The third kappa shape index (κ3) is 1.62. The largest absolute Gasteiger partial charge is 0.277 e. The van der Waals surface area contributed by atoms with Crippen molar-refractivity contribution in [1.82, 2.24) is 5.06 Å². The lowest BCUT2D eigenvalue weighted by Gasteiger charge is -2.23. The third-order valence-electron chi connectivity index (χ3n) is 1.63. The van der Waals surface area contributed by atoms with Gasteiger partial charge in [0, 0.05) is 18.4 Å². The summed E-state index contributed by atoms with van der Waals surface area (Å²) >= 11 is 0. The highest BCUT2D eigenvalue weighted by atomic mass is 16.7. The van der Waals surface area contributed by atoms with Crippen LogP contribution in [-0.4, -0.2) is 23.1 Å². The number of hydrogen-bond acceptors (Lipinski definition) is 4. The number of hydrogen-bond donors (Lipinski definition) is 0. The molecule has 0 N–H and O–H groups in total. The number of allylic oxidation sites excluding steroid dienone is 1. The molecule has 0 saturated carbocycles. The van der Waals surface area contributed by atoms with E-state index in [9.17, 15) is 10.1 Å². The third-order valence-corrected chi connectivity index (χ3v) is 1.63. The molecular weight excluding hydrogens is 160 g/mol. The van der Waals surface area contributed by atoms with Crippen LogP contribution in [-0.2, 0) is 4.84 Å². The summed E-state index contributed by atoms with van der Waals surface area (Å²) in [6.07, 6.45) is 4.48. The fourth-order valence-electron chi connectivity index (χ4n) is 1.01. The van der Waals surface area contributed by atoms with Gasteiger partial charge in [-0.1, -0.05) is 0 Å². The fraction of sp³-hybridized carbons (Fsp3) is 0.429. The maximum Gasteiger partial charge on any atom is 0.269 e. The predicted octanol–water partition coefficient (Wildman–Crippen LogP) is 0.926. The highest BCUT2D eigenvalue weighted by Gasteiger charge is 2.18. The van der Waals surface area contributed by atoms with Crippen LogP contribution in [0.15, 0.2) is 24.0 Å². The van der Waals surface area contributed by atoms with Crippen molar-refractivity contribution in [3.05, 3.63) is 34.2 Å². The molecule has 12 heavy (non-hydrogen) atoms. The first kappa shape index (κ1) is 8.73. The zero-order valence-electron chi connectivity index (χ0n) is 6.93. The van der Waals surface area contributed by atoms with Crippen LogP contribution in [0.1, 0.15) is 6.92 Å². The average Bonchev–Trinajstić information content (AvgIpc) is 2.04. The van der Waals surface area contributed by atoms with E-state index in [-0.39, 0.29) is 11.7 Å². The van der Waals surface area contributed by atoms with Crippen LogP contribution in [0.5, 0.6) is 0 Å². The monoisotopic (exact) mass is 170 g/mol. The van der Waals surface area contributed by atoms with Crippen LogP contribution < -0.4 is 0 Å². The minimum Gasteiger partial charge on any atom is -0.277 e. The first-order valence-electron chi connectivity index (χ1n) is 3.52. The second-order valence-corrected chi connectivity index (χ2v) is 2.45. The molecular formula is C7H10N2O3. The van der Waals surface area contributed by atoms with Crippen LogP contribution in [0.4, 0.5) is 0 Å². The van der Waals surface area contributed by atoms with Crippen molar-refractivity contribution in [2.75, 3.05) is 7.11 Å². The summed E-state index contributed by atoms with van der Waals surface area (Å²) < 4.78 is 0. The molecule has 0 bridgehead atoms. The van der Waals surface area contributed by atoms with Crippen molar-refractivity contribution >= 4 is 0 Å². The molecule has 1 aliphatic rings. The minimum absolute atomic E-state index is 0.0969. The SMILES string of the molecule is CON1C=CC([N+](=O)[O-])=CC1C. The van der Waals surface area contributed by atoms with Gasteiger partial charge in [-0.2, -0.15) is 0 Å². The Hall–Kier alpha value is -1.36. The van der Waals surface area contributed by atoms with E-state index in [1.54, 1.807) is 6.20 Å². The molecule has 0 aromatic carbocycles. The lowest BCUT2D eigenvalue weighted by Crippen LogP contribution is -2.28. The molecule has 0 spiro atoms. The number of hydroxylamine groups is 2. The van der Waals surface area contributed by atoms with Gasteiger partial charge in [0.05, 0.1) is 18.1 Å². The van der Waals surface area contributed by atoms with Crippen molar-refractivity contribution in [2.24, 2.45) is 0 Å². The molecule has 0 saturated heterocycles. The zero-order valence-corrected chi connectivity index (χ0v) is 6.93. The van der Waals surface area contributed by atoms with E-state index in [0.717, 1.165) is 0 Å². The van der Waals surface area contributed by atoms with Crippen molar-refractivity contribution in [3.63, 3.8) is 0 Å². The van der Waals surface area contributed by atoms with E-state index in [1.165, 1.54) is 24.3 Å². The van der Waals surface area contributed by atoms with Gasteiger partial charge in [-0.05, 0) is 6.92 Å². The van der Waals surface area contributed by atoms with Crippen LogP contribution in [0.25, 0.3) is 0 Å². The first-order chi connectivity index (χ1) is 5.65. The maximum atomic E-state index is 10.3. The summed E-state index contributed by atoms with van der Waals surface area (Å²) in [5.41, 5.74) is 0.107.